The summed E-state index contributed by atoms with van der Waals surface area (Å²) in [4.78, 5) is 81.2. The van der Waals surface area contributed by atoms with Crippen LogP contribution in [0, 0.1) is 29.6 Å². The molecular weight excluding hydrogens is 769 g/mol. The summed E-state index contributed by atoms with van der Waals surface area (Å²) in [5.74, 6) is -7.91. The standard InChI is InChI=1S/C42H60N4O11S/c1-12-29-42(8)32(33(39(52)57-42)45-30(47)20-58-31-19-43-26-15-13-14-16-27(26)44-31)23(4)34(48)21(2)18-41(7,53-11)37(24(5)35(49)25(6)38(51)55-29)56-40-36(50)28(46(9)10)17-22(3)54-40/h13-16,19,21-25,28-29,32-33,36-37,40,50H,12,17-18,20H2,1-11H3,(H,45,47)/t21-,22-,23-,24+,25-,28+,29-,32+,33?,36-,37-,40+,41-,42-/m1/s1. The Bertz CT molecular complexity index is 1850. The first-order chi connectivity index (χ1) is 27.3. The number of Topliss-reactive ketones (excluding diaryl/α,β-unsaturated/α-hetero) is 2. The van der Waals surface area contributed by atoms with E-state index in [9.17, 15) is 29.1 Å². The van der Waals surface area contributed by atoms with Gasteiger partial charge in [-0.05, 0) is 73.2 Å². The van der Waals surface area contributed by atoms with Gasteiger partial charge in [-0.1, -0.05) is 51.6 Å². The molecular formula is C42H60N4O11S. The number of carbonyl (C=O) groups excluding carboxylic acids is 5. The molecule has 0 spiro atoms. The number of carbonyl (C=O) groups is 5. The molecule has 16 heteroatoms. The van der Waals surface area contributed by atoms with E-state index in [1.165, 1.54) is 14.0 Å². The molecule has 5 rings (SSSR count). The third-order valence-corrected chi connectivity index (χ3v) is 13.4. The normalized spacial score (nSPS) is 37.9. The summed E-state index contributed by atoms with van der Waals surface area (Å²) in [5.41, 5.74) is -1.51. The van der Waals surface area contributed by atoms with E-state index in [-0.39, 0.29) is 36.5 Å². The Morgan fingerprint density at radius 1 is 1.02 bits per heavy atom. The summed E-state index contributed by atoms with van der Waals surface area (Å²) in [6.45, 7) is 13.5. The summed E-state index contributed by atoms with van der Waals surface area (Å²) in [5, 5.41) is 14.8. The first-order valence-electron chi connectivity index (χ1n) is 20.1. The fourth-order valence-electron chi connectivity index (χ4n) is 9.15. The molecule has 320 valence electrons. The SMILES string of the molecule is CC[C@H]1OC(=O)[C@H](C)C(=O)[C@H](C)[C@@H](O[C@@H]2O[C@H](C)C[C@H](N(C)C)[C@H]2O)[C@](C)(OC)C[C@@H](C)C(=O)[C@H](C)[C@H]2C(NC(=O)CSc3cnc4ccccc4n3)C(=O)O[C@@]21C. The number of benzene rings is 1. The predicted molar refractivity (Wildman–Crippen MR) is 214 cm³/mol. The first kappa shape index (κ1) is 45.5. The van der Waals surface area contributed by atoms with Crippen molar-refractivity contribution in [1.29, 1.82) is 0 Å². The second-order valence-corrected chi connectivity index (χ2v) is 17.8. The molecule has 1 unspecified atom stereocenters. The van der Waals surface area contributed by atoms with Crippen molar-refractivity contribution in [3.05, 3.63) is 30.5 Å². The highest BCUT2D eigenvalue weighted by Gasteiger charge is 2.62. The smallest absolute Gasteiger partial charge is 0.329 e. The van der Waals surface area contributed by atoms with Crippen molar-refractivity contribution in [2.45, 2.75) is 134 Å². The third-order valence-electron chi connectivity index (χ3n) is 12.5. The highest BCUT2D eigenvalue weighted by atomic mass is 32.2. The summed E-state index contributed by atoms with van der Waals surface area (Å²) >= 11 is 1.14. The number of likely N-dealkylation sites (N-methyl/N-ethyl adjacent to an activating group) is 1. The van der Waals surface area contributed by atoms with E-state index < -0.39 is 95.1 Å². The van der Waals surface area contributed by atoms with Gasteiger partial charge in [-0.25, -0.2) is 9.78 Å². The van der Waals surface area contributed by atoms with Crippen molar-refractivity contribution in [2.24, 2.45) is 29.6 Å². The molecule has 3 aliphatic rings. The fraction of sp³-hybridized carbons (Fsp3) is 0.690. The van der Waals surface area contributed by atoms with Crippen LogP contribution in [0.2, 0.25) is 0 Å². The second-order valence-electron chi connectivity index (χ2n) is 16.9. The fourth-order valence-corrected chi connectivity index (χ4v) is 9.80. The van der Waals surface area contributed by atoms with Crippen LogP contribution in [-0.4, -0.2) is 130 Å². The molecule has 15 nitrogen and oxygen atoms in total. The maximum atomic E-state index is 14.7. The molecule has 3 saturated heterocycles. The lowest BCUT2D eigenvalue weighted by Gasteiger charge is -2.47. The van der Waals surface area contributed by atoms with Gasteiger partial charge in [-0.15, -0.1) is 0 Å². The van der Waals surface area contributed by atoms with Crippen molar-refractivity contribution in [3.8, 4) is 0 Å². The third kappa shape index (κ3) is 9.26. The number of nitrogens with zero attached hydrogens (tertiary/aromatic N) is 3. The Hall–Kier alpha value is -3.54. The number of methoxy groups -OCH3 is 1. The van der Waals surface area contributed by atoms with Crippen LogP contribution < -0.4 is 5.32 Å². The summed E-state index contributed by atoms with van der Waals surface area (Å²) in [7, 11) is 5.16. The van der Waals surface area contributed by atoms with Crippen LogP contribution in [0.4, 0.5) is 0 Å². The van der Waals surface area contributed by atoms with Crippen molar-refractivity contribution >= 4 is 52.2 Å². The monoisotopic (exact) mass is 828 g/mol. The van der Waals surface area contributed by atoms with Gasteiger partial charge in [0.1, 0.15) is 35.0 Å². The zero-order chi connectivity index (χ0) is 42.9. The van der Waals surface area contributed by atoms with Crippen LogP contribution >= 0.6 is 11.8 Å². The van der Waals surface area contributed by atoms with Gasteiger partial charge in [-0.2, -0.15) is 0 Å². The van der Waals surface area contributed by atoms with E-state index in [1.54, 1.807) is 47.7 Å². The van der Waals surface area contributed by atoms with Crippen LogP contribution in [0.1, 0.15) is 74.7 Å². The molecule has 4 heterocycles. The zero-order valence-electron chi connectivity index (χ0n) is 35.4. The minimum absolute atomic E-state index is 0.0547. The van der Waals surface area contributed by atoms with E-state index in [2.05, 4.69) is 15.3 Å². The molecule has 0 radical (unpaired) electrons. The lowest BCUT2D eigenvalue weighted by molar-refractivity contribution is -0.295. The van der Waals surface area contributed by atoms with Gasteiger partial charge in [0, 0.05) is 36.8 Å². The minimum Gasteiger partial charge on any atom is -0.458 e. The summed E-state index contributed by atoms with van der Waals surface area (Å²) in [6, 6.07) is 5.78. The molecule has 1 aromatic heterocycles. The number of nitrogens with one attached hydrogen (secondary N) is 1. The van der Waals surface area contributed by atoms with Crippen LogP contribution in [0.3, 0.4) is 0 Å². The van der Waals surface area contributed by atoms with Gasteiger partial charge < -0.3 is 39.0 Å². The number of aromatic nitrogens is 2. The molecule has 0 aliphatic carbocycles. The molecule has 3 aliphatic heterocycles. The molecule has 2 N–H and O–H groups in total. The molecule has 2 aromatic rings. The van der Waals surface area contributed by atoms with Crippen molar-refractivity contribution < 1.29 is 52.8 Å². The van der Waals surface area contributed by atoms with Gasteiger partial charge in [0.2, 0.25) is 5.91 Å². The van der Waals surface area contributed by atoms with E-state index in [0.717, 1.165) is 11.8 Å². The molecule has 58 heavy (non-hydrogen) atoms. The number of hydrogen-bond acceptors (Lipinski definition) is 15. The Morgan fingerprint density at radius 3 is 2.33 bits per heavy atom. The number of amides is 1. The van der Waals surface area contributed by atoms with Crippen LogP contribution in [0.15, 0.2) is 35.5 Å². The van der Waals surface area contributed by atoms with Crippen LogP contribution in [0.5, 0.6) is 0 Å². The topological polar surface area (TPSA) is 193 Å². The number of esters is 2. The molecule has 1 aromatic carbocycles. The molecule has 1 amide bonds. The zero-order valence-corrected chi connectivity index (χ0v) is 36.2. The summed E-state index contributed by atoms with van der Waals surface area (Å²) in [6.07, 6.45) is -2.35. The number of ether oxygens (including phenoxy) is 5. The van der Waals surface area contributed by atoms with Gasteiger partial charge in [0.05, 0.1) is 40.8 Å². The van der Waals surface area contributed by atoms with Gasteiger partial charge >= 0.3 is 11.9 Å². The molecule has 0 bridgehead atoms. The quantitative estimate of drug-likeness (QED) is 0.211. The highest BCUT2D eigenvalue weighted by Crippen LogP contribution is 2.45. The predicted octanol–water partition coefficient (Wildman–Crippen LogP) is 3.76. The number of hydrogen-bond donors (Lipinski definition) is 2. The van der Waals surface area contributed by atoms with Gasteiger partial charge in [0.15, 0.2) is 17.7 Å². The van der Waals surface area contributed by atoms with E-state index in [1.807, 2.05) is 50.2 Å². The van der Waals surface area contributed by atoms with Gasteiger partial charge in [-0.3, -0.25) is 24.2 Å². The number of thioether (sulfide) groups is 1. The number of cyclic esters (lactones) is 1. The summed E-state index contributed by atoms with van der Waals surface area (Å²) < 4.78 is 30.9. The van der Waals surface area contributed by atoms with E-state index >= 15 is 0 Å². The van der Waals surface area contributed by atoms with Crippen LogP contribution in [0.25, 0.3) is 11.0 Å². The second kappa shape index (κ2) is 18.4. The minimum atomic E-state index is -1.56. The molecule has 14 atom stereocenters. The number of aliphatic hydroxyl groups is 1. The van der Waals surface area contributed by atoms with Crippen molar-refractivity contribution in [3.63, 3.8) is 0 Å². The van der Waals surface area contributed by atoms with Crippen LogP contribution in [-0.2, 0) is 47.7 Å². The maximum absolute atomic E-state index is 14.7. The molecule has 0 saturated carbocycles. The largest absolute Gasteiger partial charge is 0.458 e. The van der Waals surface area contributed by atoms with Crippen molar-refractivity contribution in [1.82, 2.24) is 20.2 Å². The Balaban J connectivity index is 1.48. The van der Waals surface area contributed by atoms with Gasteiger partial charge in [0.25, 0.3) is 0 Å². The van der Waals surface area contributed by atoms with E-state index in [4.69, 9.17) is 23.7 Å². The van der Waals surface area contributed by atoms with E-state index in [0.29, 0.717) is 22.5 Å². The lowest BCUT2D eigenvalue weighted by Crippen LogP contribution is -2.59. The number of aliphatic hydroxyl groups excluding tert-OH is 1. The number of rotatable bonds is 9. The Morgan fingerprint density at radius 2 is 1.69 bits per heavy atom. The average molecular weight is 829 g/mol. The number of ketones is 2. The number of para-hydroxylation sites is 2. The Labute approximate surface area is 345 Å². The molecule has 3 fully saturated rings. The average Bonchev–Trinajstić information content (AvgIpc) is 3.45. The Kier molecular flexibility index (Phi) is 14.4. The van der Waals surface area contributed by atoms with Crippen molar-refractivity contribution in [2.75, 3.05) is 27.0 Å². The first-order valence-corrected chi connectivity index (χ1v) is 21.1. The lowest BCUT2D eigenvalue weighted by atomic mass is 9.69. The maximum Gasteiger partial charge on any atom is 0.329 e. The number of fused-ring (bicyclic) bond motifs is 2. The highest BCUT2D eigenvalue weighted by molar-refractivity contribution is 7.99.